The fraction of sp³-hybridized carbons (Fsp3) is 0.444. The van der Waals surface area contributed by atoms with Gasteiger partial charge in [0.15, 0.2) is 0 Å². The number of nitrogens with zero attached hydrogens (tertiary/aromatic N) is 1. The highest BCUT2D eigenvalue weighted by Gasteiger charge is 2.21. The van der Waals surface area contributed by atoms with Crippen molar-refractivity contribution in [3.8, 4) is 0 Å². The lowest BCUT2D eigenvalue weighted by atomic mass is 9.89. The van der Waals surface area contributed by atoms with Crippen LogP contribution in [-0.2, 0) is 4.74 Å². The average molecular weight is 215 g/mol. The summed E-state index contributed by atoms with van der Waals surface area (Å²) in [5, 5.41) is 0. The van der Waals surface area contributed by atoms with Crippen molar-refractivity contribution in [2.45, 2.75) is 26.4 Å². The first-order chi connectivity index (χ1) is 6.79. The van der Waals surface area contributed by atoms with Crippen molar-refractivity contribution in [2.24, 2.45) is 0 Å². The van der Waals surface area contributed by atoms with Crippen LogP contribution >= 0.6 is 0 Å². The van der Waals surface area contributed by atoms with Crippen LogP contribution in [0.2, 0.25) is 0 Å². The maximum absolute atomic E-state index is 12.2. The Morgan fingerprint density at radius 3 is 2.47 bits per heavy atom. The van der Waals surface area contributed by atoms with Gasteiger partial charge in [-0.05, 0) is 26.8 Å². The standard InChI is InChI=1S/C9H12BF2NO2/c1-9(2,3)15-8(14)13-5-4-7(6-13)10(11)12/h4-6H,1-3H3. The van der Waals surface area contributed by atoms with E-state index in [1.807, 2.05) is 0 Å². The highest BCUT2D eigenvalue weighted by Crippen LogP contribution is 2.08. The molecule has 0 aromatic carbocycles. The molecule has 0 spiro atoms. The minimum Gasteiger partial charge on any atom is -0.443 e. The van der Waals surface area contributed by atoms with E-state index < -0.39 is 19.0 Å². The van der Waals surface area contributed by atoms with E-state index in [1.165, 1.54) is 12.3 Å². The minimum atomic E-state index is -2.58. The quantitative estimate of drug-likeness (QED) is 0.670. The molecule has 0 unspecified atom stereocenters. The van der Waals surface area contributed by atoms with Gasteiger partial charge in [0.25, 0.3) is 0 Å². The maximum Gasteiger partial charge on any atom is 0.573 e. The molecule has 0 aliphatic rings. The second-order valence-corrected chi connectivity index (χ2v) is 4.13. The molecule has 0 fully saturated rings. The molecular formula is C9H12BF2NO2. The van der Waals surface area contributed by atoms with Crippen LogP contribution in [0, 0.1) is 0 Å². The van der Waals surface area contributed by atoms with E-state index in [0.29, 0.717) is 0 Å². The number of ether oxygens (including phenoxy) is 1. The molecule has 1 aromatic heterocycles. The number of carbonyl (C=O) groups excluding carboxylic acids is 1. The third-order valence-corrected chi connectivity index (χ3v) is 1.57. The Bertz CT molecular complexity index is 357. The molecule has 0 amide bonds. The molecule has 1 rings (SSSR count). The normalized spacial score (nSPS) is 11.3. The second kappa shape index (κ2) is 4.04. The van der Waals surface area contributed by atoms with Gasteiger partial charge in [0.2, 0.25) is 0 Å². The smallest absolute Gasteiger partial charge is 0.443 e. The third kappa shape index (κ3) is 3.38. The summed E-state index contributed by atoms with van der Waals surface area (Å²) in [5.41, 5.74) is -0.826. The van der Waals surface area contributed by atoms with Gasteiger partial charge in [-0.1, -0.05) is 0 Å². The first-order valence-corrected chi connectivity index (χ1v) is 4.49. The van der Waals surface area contributed by atoms with Crippen molar-refractivity contribution < 1.29 is 18.2 Å². The molecule has 3 nitrogen and oxygen atoms in total. The van der Waals surface area contributed by atoms with Gasteiger partial charge in [-0.3, -0.25) is 13.2 Å². The average Bonchev–Trinajstić information content (AvgIpc) is 2.47. The second-order valence-electron chi connectivity index (χ2n) is 4.13. The molecule has 6 heteroatoms. The van der Waals surface area contributed by atoms with Gasteiger partial charge in [0, 0.05) is 17.9 Å². The van der Waals surface area contributed by atoms with Crippen LogP contribution < -0.4 is 5.46 Å². The Hall–Kier alpha value is -1.33. The lowest BCUT2D eigenvalue weighted by molar-refractivity contribution is 0.0537. The van der Waals surface area contributed by atoms with Crippen molar-refractivity contribution in [2.75, 3.05) is 0 Å². The van der Waals surface area contributed by atoms with Crippen LogP contribution in [0.5, 0.6) is 0 Å². The number of carbonyl (C=O) groups is 1. The maximum atomic E-state index is 12.2. The van der Waals surface area contributed by atoms with Crippen LogP contribution in [0.3, 0.4) is 0 Å². The molecule has 0 bridgehead atoms. The van der Waals surface area contributed by atoms with Crippen molar-refractivity contribution in [1.29, 1.82) is 0 Å². The Morgan fingerprint density at radius 2 is 2.07 bits per heavy atom. The predicted molar refractivity (Wildman–Crippen MR) is 53.7 cm³/mol. The summed E-state index contributed by atoms with van der Waals surface area (Å²) < 4.78 is 30.4. The molecule has 0 aliphatic heterocycles. The Balaban J connectivity index is 2.75. The minimum absolute atomic E-state index is 0.194. The van der Waals surface area contributed by atoms with E-state index in [2.05, 4.69) is 0 Å². The van der Waals surface area contributed by atoms with Crippen molar-refractivity contribution >= 4 is 18.8 Å². The van der Waals surface area contributed by atoms with Crippen LogP contribution in [-0.4, -0.2) is 23.5 Å². The summed E-state index contributed by atoms with van der Waals surface area (Å²) in [6.07, 6.45) is 1.67. The first kappa shape index (κ1) is 11.7. The third-order valence-electron chi connectivity index (χ3n) is 1.57. The monoisotopic (exact) mass is 215 g/mol. The zero-order chi connectivity index (χ0) is 11.6. The molecule has 1 heterocycles. The molecule has 0 atom stereocenters. The predicted octanol–water partition coefficient (Wildman–Crippen LogP) is 1.91. The zero-order valence-electron chi connectivity index (χ0n) is 8.83. The van der Waals surface area contributed by atoms with Crippen LogP contribution in [0.15, 0.2) is 18.5 Å². The highest BCUT2D eigenvalue weighted by atomic mass is 19.2. The number of halogens is 2. The fourth-order valence-electron chi connectivity index (χ4n) is 0.970. The van der Waals surface area contributed by atoms with Gasteiger partial charge in [-0.2, -0.15) is 0 Å². The summed E-state index contributed by atoms with van der Waals surface area (Å²) in [6, 6.07) is 1.19. The number of aromatic nitrogens is 1. The fourth-order valence-corrected chi connectivity index (χ4v) is 0.970. The summed E-state index contributed by atoms with van der Waals surface area (Å²) in [5.74, 6) is 0. The molecule has 15 heavy (non-hydrogen) atoms. The first-order valence-electron chi connectivity index (χ1n) is 4.49. The van der Waals surface area contributed by atoms with Gasteiger partial charge in [-0.15, -0.1) is 0 Å². The molecular weight excluding hydrogens is 203 g/mol. The zero-order valence-corrected chi connectivity index (χ0v) is 8.83. The van der Waals surface area contributed by atoms with E-state index in [4.69, 9.17) is 4.74 Å². The summed E-state index contributed by atoms with van der Waals surface area (Å²) in [7, 11) is -2.58. The molecule has 0 saturated heterocycles. The van der Waals surface area contributed by atoms with E-state index in [-0.39, 0.29) is 5.46 Å². The molecule has 82 valence electrons. The van der Waals surface area contributed by atoms with E-state index in [1.54, 1.807) is 20.8 Å². The highest BCUT2D eigenvalue weighted by molar-refractivity contribution is 6.59. The van der Waals surface area contributed by atoms with E-state index >= 15 is 0 Å². The Labute approximate surface area is 87.2 Å². The summed E-state index contributed by atoms with van der Waals surface area (Å²) in [4.78, 5) is 11.4. The van der Waals surface area contributed by atoms with E-state index in [0.717, 1.165) is 10.8 Å². The van der Waals surface area contributed by atoms with Crippen molar-refractivity contribution in [3.63, 3.8) is 0 Å². The van der Waals surface area contributed by atoms with Gasteiger partial charge in [0.05, 0.1) is 0 Å². The molecule has 1 aromatic rings. The lowest BCUT2D eigenvalue weighted by Gasteiger charge is -2.19. The molecule has 0 N–H and O–H groups in total. The van der Waals surface area contributed by atoms with E-state index in [9.17, 15) is 13.4 Å². The van der Waals surface area contributed by atoms with Gasteiger partial charge in [-0.25, -0.2) is 4.79 Å². The van der Waals surface area contributed by atoms with Gasteiger partial charge >= 0.3 is 13.4 Å². The molecule has 0 saturated carbocycles. The van der Waals surface area contributed by atoms with Crippen molar-refractivity contribution in [3.05, 3.63) is 18.5 Å². The van der Waals surface area contributed by atoms with Gasteiger partial charge in [0.1, 0.15) is 5.60 Å². The summed E-state index contributed by atoms with van der Waals surface area (Å²) >= 11 is 0. The topological polar surface area (TPSA) is 31.2 Å². The van der Waals surface area contributed by atoms with Gasteiger partial charge < -0.3 is 4.74 Å². The Morgan fingerprint density at radius 1 is 1.47 bits per heavy atom. The number of hydrogen-bond donors (Lipinski definition) is 0. The SMILES string of the molecule is CC(C)(C)OC(=O)n1ccc(B(F)F)c1. The van der Waals surface area contributed by atoms with Crippen LogP contribution in [0.4, 0.5) is 13.4 Å². The van der Waals surface area contributed by atoms with Crippen molar-refractivity contribution in [1.82, 2.24) is 4.57 Å². The lowest BCUT2D eigenvalue weighted by Crippen LogP contribution is -2.27. The Kier molecular flexibility index (Phi) is 3.17. The largest absolute Gasteiger partial charge is 0.573 e. The van der Waals surface area contributed by atoms with Crippen LogP contribution in [0.25, 0.3) is 0 Å². The molecule has 0 aliphatic carbocycles. The molecule has 0 radical (unpaired) electrons. The number of rotatable bonds is 1. The summed E-state index contributed by atoms with van der Waals surface area (Å²) in [6.45, 7) is 5.13. The number of hydrogen-bond acceptors (Lipinski definition) is 2. The van der Waals surface area contributed by atoms with Crippen LogP contribution in [0.1, 0.15) is 20.8 Å².